The molecule has 0 bridgehead atoms. The maximum Gasteiger partial charge on any atom is 0.303 e. The van der Waals surface area contributed by atoms with Crippen LogP contribution in [0.25, 0.3) is 0 Å². The molecule has 112 valence electrons. The largest absolute Gasteiger partial charge is 0.481 e. The maximum absolute atomic E-state index is 13.5. The predicted molar refractivity (Wildman–Crippen MR) is 74.8 cm³/mol. The zero-order valence-electron chi connectivity index (χ0n) is 11.2. The summed E-state index contributed by atoms with van der Waals surface area (Å²) in [4.78, 5) is 10.5. The average molecular weight is 304 g/mol. The van der Waals surface area contributed by atoms with Crippen molar-refractivity contribution in [3.63, 3.8) is 0 Å². The van der Waals surface area contributed by atoms with Crippen LogP contribution in [0.2, 0.25) is 0 Å². The number of aliphatic carboxylic acids is 1. The van der Waals surface area contributed by atoms with E-state index in [2.05, 4.69) is 10.0 Å². The average Bonchev–Trinajstić information content (AvgIpc) is 2.29. The molecule has 1 unspecified atom stereocenters. The maximum atomic E-state index is 13.5. The number of rotatable bonds is 7. The molecule has 0 amide bonds. The lowest BCUT2D eigenvalue weighted by Gasteiger charge is -2.15. The van der Waals surface area contributed by atoms with Crippen molar-refractivity contribution >= 4 is 27.4 Å². The summed E-state index contributed by atoms with van der Waals surface area (Å²) in [6.45, 7) is 1.79. The summed E-state index contributed by atoms with van der Waals surface area (Å²) in [5.74, 6) is -1.57. The second-order valence-corrected chi connectivity index (χ2v) is 6.30. The number of carbonyl (C=O) groups is 1. The summed E-state index contributed by atoms with van der Waals surface area (Å²) in [6, 6.07) is 3.79. The molecule has 0 fully saturated rings. The summed E-state index contributed by atoms with van der Waals surface area (Å²) in [6.07, 6.45) is 1.35. The second kappa shape index (κ2) is 6.56. The van der Waals surface area contributed by atoms with E-state index in [0.29, 0.717) is 12.1 Å². The van der Waals surface area contributed by atoms with Gasteiger partial charge >= 0.3 is 5.97 Å². The smallest absolute Gasteiger partial charge is 0.303 e. The van der Waals surface area contributed by atoms with Crippen LogP contribution < -0.4 is 10.0 Å². The van der Waals surface area contributed by atoms with Gasteiger partial charge in [0.1, 0.15) is 5.82 Å². The van der Waals surface area contributed by atoms with Gasteiger partial charge in [-0.15, -0.1) is 0 Å². The molecule has 0 saturated heterocycles. The molecule has 1 aromatic rings. The molecule has 8 heteroatoms. The quantitative estimate of drug-likeness (QED) is 0.714. The molecule has 3 N–H and O–H groups in total. The van der Waals surface area contributed by atoms with Gasteiger partial charge in [-0.1, -0.05) is 0 Å². The van der Waals surface area contributed by atoms with Crippen LogP contribution in [0.4, 0.5) is 15.8 Å². The number of carboxylic acid groups (broad SMARTS) is 1. The molecule has 1 atom stereocenters. The SMILES string of the molecule is CC(CCC(=O)O)Nc1ccc(F)c(NS(C)(=O)=O)c1. The standard InChI is InChI=1S/C12H17FN2O4S/c1-8(3-6-12(16)17)14-9-4-5-10(13)11(7-9)15-20(2,18)19/h4-5,7-8,14-15H,3,6H2,1-2H3,(H,16,17). The molecule has 0 heterocycles. The zero-order chi connectivity index (χ0) is 15.3. The Hall–Kier alpha value is -1.83. The van der Waals surface area contributed by atoms with E-state index in [0.717, 1.165) is 12.3 Å². The third-order valence-corrected chi connectivity index (χ3v) is 3.06. The highest BCUT2D eigenvalue weighted by Gasteiger charge is 2.10. The first-order valence-electron chi connectivity index (χ1n) is 5.93. The minimum absolute atomic E-state index is 0.0177. The minimum atomic E-state index is -3.56. The highest BCUT2D eigenvalue weighted by molar-refractivity contribution is 7.92. The molecule has 0 aliphatic rings. The van der Waals surface area contributed by atoms with Gasteiger partial charge in [-0.05, 0) is 31.5 Å². The molecule has 0 aromatic heterocycles. The van der Waals surface area contributed by atoms with E-state index in [9.17, 15) is 17.6 Å². The number of nitrogens with one attached hydrogen (secondary N) is 2. The zero-order valence-corrected chi connectivity index (χ0v) is 12.0. The van der Waals surface area contributed by atoms with E-state index in [1.807, 2.05) is 0 Å². The fourth-order valence-electron chi connectivity index (χ4n) is 1.59. The second-order valence-electron chi connectivity index (χ2n) is 4.55. The van der Waals surface area contributed by atoms with Gasteiger partial charge in [0, 0.05) is 18.2 Å². The Labute approximate surface area is 117 Å². The summed E-state index contributed by atoms with van der Waals surface area (Å²) in [7, 11) is -3.56. The lowest BCUT2D eigenvalue weighted by atomic mass is 10.1. The highest BCUT2D eigenvalue weighted by atomic mass is 32.2. The molecule has 0 saturated carbocycles. The summed E-state index contributed by atoms with van der Waals surface area (Å²) >= 11 is 0. The van der Waals surface area contributed by atoms with Gasteiger partial charge in [0.05, 0.1) is 11.9 Å². The molecule has 6 nitrogen and oxygen atoms in total. The third-order valence-electron chi connectivity index (χ3n) is 2.47. The van der Waals surface area contributed by atoms with Gasteiger partial charge in [-0.25, -0.2) is 12.8 Å². The molecule has 1 aromatic carbocycles. The van der Waals surface area contributed by atoms with E-state index in [-0.39, 0.29) is 18.2 Å². The number of halogens is 1. The van der Waals surface area contributed by atoms with Crippen LogP contribution in [-0.2, 0) is 14.8 Å². The number of hydrogen-bond donors (Lipinski definition) is 3. The van der Waals surface area contributed by atoms with Crippen molar-refractivity contribution in [2.75, 3.05) is 16.3 Å². The van der Waals surface area contributed by atoms with Crippen LogP contribution >= 0.6 is 0 Å². The van der Waals surface area contributed by atoms with Crippen molar-refractivity contribution < 1.29 is 22.7 Å². The molecule has 0 aliphatic heterocycles. The van der Waals surface area contributed by atoms with Gasteiger partial charge in [0.2, 0.25) is 10.0 Å². The summed E-state index contributed by atoms with van der Waals surface area (Å²) in [5, 5.41) is 11.6. The van der Waals surface area contributed by atoms with Crippen molar-refractivity contribution in [2.45, 2.75) is 25.8 Å². The molecule has 0 aliphatic carbocycles. The fourth-order valence-corrected chi connectivity index (χ4v) is 2.15. The topological polar surface area (TPSA) is 95.5 Å². The monoisotopic (exact) mass is 304 g/mol. The van der Waals surface area contributed by atoms with Crippen LogP contribution in [0.3, 0.4) is 0 Å². The Balaban J connectivity index is 2.77. The van der Waals surface area contributed by atoms with E-state index < -0.39 is 21.8 Å². The third kappa shape index (κ3) is 5.87. The number of sulfonamides is 1. The van der Waals surface area contributed by atoms with E-state index in [4.69, 9.17) is 5.11 Å². The first-order valence-corrected chi connectivity index (χ1v) is 7.82. The normalized spacial score (nSPS) is 12.8. The van der Waals surface area contributed by atoms with Gasteiger partial charge in [0.15, 0.2) is 0 Å². The van der Waals surface area contributed by atoms with E-state index in [1.165, 1.54) is 12.1 Å². The first-order chi connectivity index (χ1) is 9.17. The lowest BCUT2D eigenvalue weighted by Crippen LogP contribution is -2.17. The van der Waals surface area contributed by atoms with E-state index in [1.54, 1.807) is 6.92 Å². The molecular weight excluding hydrogens is 287 g/mol. The number of anilines is 2. The van der Waals surface area contributed by atoms with Crippen LogP contribution in [0, 0.1) is 5.82 Å². The Morgan fingerprint density at radius 2 is 2.10 bits per heavy atom. The Kier molecular flexibility index (Phi) is 5.32. The van der Waals surface area contributed by atoms with Crippen LogP contribution in [0.1, 0.15) is 19.8 Å². The fraction of sp³-hybridized carbons (Fsp3) is 0.417. The van der Waals surface area contributed by atoms with Gasteiger partial charge in [-0.3, -0.25) is 9.52 Å². The Morgan fingerprint density at radius 1 is 1.45 bits per heavy atom. The number of carboxylic acids is 1. The molecule has 1 rings (SSSR count). The first kappa shape index (κ1) is 16.2. The summed E-state index contributed by atoms with van der Waals surface area (Å²) < 4.78 is 37.7. The molecule has 0 radical (unpaired) electrons. The van der Waals surface area contributed by atoms with E-state index >= 15 is 0 Å². The van der Waals surface area contributed by atoms with Crippen molar-refractivity contribution in [1.29, 1.82) is 0 Å². The van der Waals surface area contributed by atoms with Crippen molar-refractivity contribution in [1.82, 2.24) is 0 Å². The van der Waals surface area contributed by atoms with Crippen molar-refractivity contribution in [3.05, 3.63) is 24.0 Å². The van der Waals surface area contributed by atoms with Crippen LogP contribution in [-0.4, -0.2) is 31.8 Å². The number of benzene rings is 1. The van der Waals surface area contributed by atoms with Crippen molar-refractivity contribution in [3.8, 4) is 0 Å². The Bertz CT molecular complexity index is 589. The van der Waals surface area contributed by atoms with Gasteiger partial charge in [0.25, 0.3) is 0 Å². The van der Waals surface area contributed by atoms with Gasteiger partial charge < -0.3 is 10.4 Å². The van der Waals surface area contributed by atoms with Crippen molar-refractivity contribution in [2.24, 2.45) is 0 Å². The predicted octanol–water partition coefficient (Wildman–Crippen LogP) is 1.86. The van der Waals surface area contributed by atoms with Crippen LogP contribution in [0.15, 0.2) is 18.2 Å². The summed E-state index contributed by atoms with van der Waals surface area (Å²) in [5.41, 5.74) is 0.360. The number of hydrogen-bond acceptors (Lipinski definition) is 4. The molecule has 0 spiro atoms. The molecule has 20 heavy (non-hydrogen) atoms. The van der Waals surface area contributed by atoms with Gasteiger partial charge in [-0.2, -0.15) is 0 Å². The lowest BCUT2D eigenvalue weighted by molar-refractivity contribution is -0.137. The Morgan fingerprint density at radius 3 is 2.65 bits per heavy atom. The highest BCUT2D eigenvalue weighted by Crippen LogP contribution is 2.21. The molecular formula is C12H17FN2O4S. The minimum Gasteiger partial charge on any atom is -0.481 e. The van der Waals surface area contributed by atoms with Crippen LogP contribution in [0.5, 0.6) is 0 Å².